The van der Waals surface area contributed by atoms with Crippen LogP contribution in [0.5, 0.6) is 0 Å². The van der Waals surface area contributed by atoms with E-state index in [-0.39, 0.29) is 35.4 Å². The Labute approximate surface area is 138 Å². The minimum atomic E-state index is -0.146. The van der Waals surface area contributed by atoms with Crippen LogP contribution in [0.3, 0.4) is 0 Å². The van der Waals surface area contributed by atoms with Crippen LogP contribution in [0, 0.1) is 17.8 Å². The Bertz CT molecular complexity index is 551. The fourth-order valence-electron chi connectivity index (χ4n) is 2.23. The minimum Gasteiger partial charge on any atom is -0.300 e. The first kappa shape index (κ1) is 19.1. The summed E-state index contributed by atoms with van der Waals surface area (Å²) in [4.78, 5) is 35.6. The van der Waals surface area contributed by atoms with Crippen molar-refractivity contribution in [2.24, 2.45) is 17.8 Å². The zero-order valence-corrected chi connectivity index (χ0v) is 14.7. The molecule has 2 amide bonds. The van der Waals surface area contributed by atoms with Crippen molar-refractivity contribution in [3.05, 3.63) is 30.3 Å². The summed E-state index contributed by atoms with van der Waals surface area (Å²) >= 11 is 0. The fourth-order valence-corrected chi connectivity index (χ4v) is 2.23. The maximum Gasteiger partial charge on any atom is 0.237 e. The van der Waals surface area contributed by atoms with Crippen LogP contribution in [-0.4, -0.2) is 17.6 Å². The molecule has 1 saturated heterocycles. The van der Waals surface area contributed by atoms with Gasteiger partial charge in [0.15, 0.2) is 0 Å². The standard InChI is InChI=1S/C14H17NO2.C5H10O/c1-3-10(2)12-9-13(16)15(14(12)17)11-7-5-4-6-8-11;1-4(2)5(3)6/h4-8,10,12H,3,9H2,1-2H3;4H,1-3H3. The number of nitrogens with zero attached hydrogens (tertiary/aromatic N) is 1. The number of hydrogen-bond donors (Lipinski definition) is 0. The number of para-hydroxylation sites is 1. The van der Waals surface area contributed by atoms with Gasteiger partial charge in [-0.3, -0.25) is 19.3 Å². The van der Waals surface area contributed by atoms with Crippen LogP contribution < -0.4 is 4.90 Å². The Balaban J connectivity index is 0.000000379. The minimum absolute atomic E-state index is 0.0458. The predicted octanol–water partition coefficient (Wildman–Crippen LogP) is 3.84. The molecule has 126 valence electrons. The number of anilines is 1. The van der Waals surface area contributed by atoms with Gasteiger partial charge in [0.2, 0.25) is 11.8 Å². The lowest BCUT2D eigenvalue weighted by Crippen LogP contribution is -2.31. The Kier molecular flexibility index (Phi) is 7.14. The molecular weight excluding hydrogens is 290 g/mol. The predicted molar refractivity (Wildman–Crippen MR) is 92.0 cm³/mol. The topological polar surface area (TPSA) is 54.5 Å². The first-order valence-electron chi connectivity index (χ1n) is 8.21. The average molecular weight is 317 g/mol. The van der Waals surface area contributed by atoms with E-state index < -0.39 is 0 Å². The van der Waals surface area contributed by atoms with Crippen molar-refractivity contribution >= 4 is 23.3 Å². The molecule has 0 saturated carbocycles. The Hall–Kier alpha value is -1.97. The molecule has 1 aromatic carbocycles. The Morgan fingerprint density at radius 1 is 1.17 bits per heavy atom. The molecule has 1 heterocycles. The molecule has 0 aliphatic carbocycles. The highest BCUT2D eigenvalue weighted by atomic mass is 16.2. The number of amides is 2. The summed E-state index contributed by atoms with van der Waals surface area (Å²) in [6.07, 6.45) is 1.27. The summed E-state index contributed by atoms with van der Waals surface area (Å²) in [5.74, 6) is 0.468. The maximum absolute atomic E-state index is 12.2. The first-order chi connectivity index (χ1) is 10.8. The quantitative estimate of drug-likeness (QED) is 0.793. The number of carbonyl (C=O) groups is 3. The zero-order valence-electron chi connectivity index (χ0n) is 14.7. The summed E-state index contributed by atoms with van der Waals surface area (Å²) in [7, 11) is 0. The summed E-state index contributed by atoms with van der Waals surface area (Å²) < 4.78 is 0. The molecule has 0 spiro atoms. The number of imide groups is 1. The molecule has 2 unspecified atom stereocenters. The van der Waals surface area contributed by atoms with E-state index in [1.54, 1.807) is 19.1 Å². The van der Waals surface area contributed by atoms with E-state index in [9.17, 15) is 14.4 Å². The van der Waals surface area contributed by atoms with Gasteiger partial charge in [-0.1, -0.05) is 52.3 Å². The van der Waals surface area contributed by atoms with Gasteiger partial charge in [0.05, 0.1) is 11.6 Å². The first-order valence-corrected chi connectivity index (χ1v) is 8.21. The second kappa shape index (κ2) is 8.61. The van der Waals surface area contributed by atoms with E-state index >= 15 is 0 Å². The molecule has 23 heavy (non-hydrogen) atoms. The molecule has 0 bridgehead atoms. The highest BCUT2D eigenvalue weighted by Gasteiger charge is 2.41. The largest absolute Gasteiger partial charge is 0.300 e. The number of hydrogen-bond acceptors (Lipinski definition) is 3. The molecule has 1 fully saturated rings. The van der Waals surface area contributed by atoms with E-state index in [0.29, 0.717) is 12.1 Å². The molecule has 2 rings (SSSR count). The van der Waals surface area contributed by atoms with Gasteiger partial charge in [0.25, 0.3) is 0 Å². The molecule has 1 aliphatic rings. The number of benzene rings is 1. The molecule has 1 aromatic rings. The molecule has 4 heteroatoms. The summed E-state index contributed by atoms with van der Waals surface area (Å²) in [6.45, 7) is 9.47. The van der Waals surface area contributed by atoms with Crippen molar-refractivity contribution < 1.29 is 14.4 Å². The molecule has 0 radical (unpaired) electrons. The Morgan fingerprint density at radius 2 is 1.70 bits per heavy atom. The van der Waals surface area contributed by atoms with E-state index in [0.717, 1.165) is 6.42 Å². The monoisotopic (exact) mass is 317 g/mol. The van der Waals surface area contributed by atoms with Crippen molar-refractivity contribution in [3.63, 3.8) is 0 Å². The third kappa shape index (κ3) is 5.02. The van der Waals surface area contributed by atoms with Crippen LogP contribution in [0.15, 0.2) is 30.3 Å². The van der Waals surface area contributed by atoms with E-state index in [1.807, 2.05) is 45.9 Å². The van der Waals surface area contributed by atoms with Crippen LogP contribution in [0.2, 0.25) is 0 Å². The van der Waals surface area contributed by atoms with Gasteiger partial charge in [-0.15, -0.1) is 0 Å². The number of ketones is 1. The van der Waals surface area contributed by atoms with Crippen LogP contribution >= 0.6 is 0 Å². The van der Waals surface area contributed by atoms with Gasteiger partial charge in [-0.05, 0) is 25.0 Å². The third-order valence-electron chi connectivity index (χ3n) is 4.34. The van der Waals surface area contributed by atoms with Crippen LogP contribution in [-0.2, 0) is 14.4 Å². The van der Waals surface area contributed by atoms with Crippen molar-refractivity contribution in [2.45, 2.75) is 47.5 Å². The van der Waals surface area contributed by atoms with E-state index in [1.165, 1.54) is 4.90 Å². The molecule has 0 aromatic heterocycles. The molecular formula is C19H27NO3. The van der Waals surface area contributed by atoms with Crippen LogP contribution in [0.1, 0.15) is 47.5 Å². The Morgan fingerprint density at radius 3 is 2.13 bits per heavy atom. The molecule has 4 nitrogen and oxygen atoms in total. The third-order valence-corrected chi connectivity index (χ3v) is 4.34. The number of carbonyl (C=O) groups excluding carboxylic acids is 3. The maximum atomic E-state index is 12.2. The van der Waals surface area contributed by atoms with Gasteiger partial charge in [0, 0.05) is 12.3 Å². The second-order valence-electron chi connectivity index (χ2n) is 6.36. The van der Waals surface area contributed by atoms with Crippen molar-refractivity contribution in [1.82, 2.24) is 0 Å². The van der Waals surface area contributed by atoms with Gasteiger partial charge >= 0.3 is 0 Å². The van der Waals surface area contributed by atoms with Crippen molar-refractivity contribution in [2.75, 3.05) is 4.90 Å². The van der Waals surface area contributed by atoms with Gasteiger partial charge < -0.3 is 0 Å². The van der Waals surface area contributed by atoms with E-state index in [2.05, 4.69) is 0 Å². The number of rotatable bonds is 4. The SMILES string of the molecule is CC(=O)C(C)C.CCC(C)C1CC(=O)N(c2ccccc2)C1=O. The van der Waals surface area contributed by atoms with E-state index in [4.69, 9.17) is 0 Å². The fraction of sp³-hybridized carbons (Fsp3) is 0.526. The van der Waals surface area contributed by atoms with Gasteiger partial charge in [-0.25, -0.2) is 0 Å². The average Bonchev–Trinajstić information content (AvgIpc) is 2.82. The summed E-state index contributed by atoms with van der Waals surface area (Å²) in [5, 5.41) is 0. The van der Waals surface area contributed by atoms with Crippen LogP contribution in [0.4, 0.5) is 5.69 Å². The molecule has 0 N–H and O–H groups in total. The highest BCUT2D eigenvalue weighted by Crippen LogP contribution is 2.31. The lowest BCUT2D eigenvalue weighted by Gasteiger charge is -2.17. The van der Waals surface area contributed by atoms with Crippen molar-refractivity contribution in [3.8, 4) is 0 Å². The van der Waals surface area contributed by atoms with Crippen LogP contribution in [0.25, 0.3) is 0 Å². The van der Waals surface area contributed by atoms with Gasteiger partial charge in [0.1, 0.15) is 5.78 Å². The van der Waals surface area contributed by atoms with Crippen molar-refractivity contribution in [1.29, 1.82) is 0 Å². The lowest BCUT2D eigenvalue weighted by atomic mass is 9.90. The highest BCUT2D eigenvalue weighted by molar-refractivity contribution is 6.20. The molecule has 2 atom stereocenters. The summed E-state index contributed by atoms with van der Waals surface area (Å²) in [5.41, 5.74) is 0.688. The lowest BCUT2D eigenvalue weighted by molar-refractivity contribution is -0.123. The second-order valence-corrected chi connectivity index (χ2v) is 6.36. The summed E-state index contributed by atoms with van der Waals surface area (Å²) in [6, 6.07) is 9.16. The number of Topliss-reactive ketones (excluding diaryl/α,β-unsaturated/α-hetero) is 1. The normalized spacial score (nSPS) is 18.7. The molecule has 1 aliphatic heterocycles. The smallest absolute Gasteiger partial charge is 0.237 e. The van der Waals surface area contributed by atoms with Gasteiger partial charge in [-0.2, -0.15) is 0 Å². The zero-order chi connectivity index (χ0) is 17.6.